The predicted octanol–water partition coefficient (Wildman–Crippen LogP) is 1.40. The van der Waals surface area contributed by atoms with Crippen LogP contribution in [0.1, 0.15) is 20.3 Å². The molecule has 0 heterocycles. The van der Waals surface area contributed by atoms with Crippen LogP contribution in [0.15, 0.2) is 0 Å². The molecule has 0 rings (SSSR count). The molecule has 1 N–H and O–H groups in total. The lowest BCUT2D eigenvalue weighted by Crippen LogP contribution is -2.34. The first kappa shape index (κ1) is 12.7. The summed E-state index contributed by atoms with van der Waals surface area (Å²) in [5.41, 5.74) is 0. The third-order valence-corrected chi connectivity index (χ3v) is 2.19. The van der Waals surface area contributed by atoms with Crippen LogP contribution in [0.25, 0.3) is 0 Å². The standard InChI is InChI=1S/C9H18ClNO2/c1-4-7(2)9(12)11-5-8(10)6-13-3/h7-8H,4-6H2,1-3H3,(H,11,12). The van der Waals surface area contributed by atoms with Crippen LogP contribution in [0.2, 0.25) is 0 Å². The topological polar surface area (TPSA) is 38.3 Å². The average Bonchev–Trinajstić information content (AvgIpc) is 2.13. The molecule has 1 amide bonds. The molecular formula is C9H18ClNO2. The summed E-state index contributed by atoms with van der Waals surface area (Å²) in [5.74, 6) is 0.121. The Balaban J connectivity index is 3.57. The molecule has 2 unspecified atom stereocenters. The SMILES string of the molecule is CCC(C)C(=O)NCC(Cl)COC. The maximum Gasteiger partial charge on any atom is 0.222 e. The molecule has 0 aliphatic carbocycles. The fourth-order valence-electron chi connectivity index (χ4n) is 0.811. The summed E-state index contributed by atoms with van der Waals surface area (Å²) in [7, 11) is 1.59. The predicted molar refractivity (Wildman–Crippen MR) is 54.0 cm³/mol. The van der Waals surface area contributed by atoms with Crippen LogP contribution in [0, 0.1) is 5.92 Å². The Morgan fingerprint density at radius 3 is 2.69 bits per heavy atom. The number of methoxy groups -OCH3 is 1. The molecule has 3 nitrogen and oxygen atoms in total. The zero-order valence-corrected chi connectivity index (χ0v) is 9.23. The summed E-state index contributed by atoms with van der Waals surface area (Å²) >= 11 is 5.83. The first-order chi connectivity index (χ1) is 6.11. The van der Waals surface area contributed by atoms with Crippen molar-refractivity contribution in [3.8, 4) is 0 Å². The molecule has 0 radical (unpaired) electrons. The molecule has 4 heteroatoms. The Morgan fingerprint density at radius 1 is 1.62 bits per heavy atom. The third kappa shape index (κ3) is 5.88. The number of hydrogen-bond acceptors (Lipinski definition) is 2. The van der Waals surface area contributed by atoms with E-state index in [1.165, 1.54) is 0 Å². The Morgan fingerprint density at radius 2 is 2.23 bits per heavy atom. The number of nitrogens with one attached hydrogen (secondary N) is 1. The van der Waals surface area contributed by atoms with Crippen LogP contribution in [-0.2, 0) is 9.53 Å². The van der Waals surface area contributed by atoms with Gasteiger partial charge in [-0.15, -0.1) is 11.6 Å². The lowest BCUT2D eigenvalue weighted by atomic mass is 10.1. The van der Waals surface area contributed by atoms with Crippen molar-refractivity contribution in [2.75, 3.05) is 20.3 Å². The molecule has 0 aliphatic heterocycles. The van der Waals surface area contributed by atoms with Gasteiger partial charge in [0.2, 0.25) is 5.91 Å². The molecule has 78 valence electrons. The van der Waals surface area contributed by atoms with Crippen LogP contribution < -0.4 is 5.32 Å². The summed E-state index contributed by atoms with van der Waals surface area (Å²) < 4.78 is 4.84. The van der Waals surface area contributed by atoms with Gasteiger partial charge in [-0.05, 0) is 6.42 Å². The van der Waals surface area contributed by atoms with Crippen molar-refractivity contribution in [3.05, 3.63) is 0 Å². The Kier molecular flexibility index (Phi) is 7.00. The molecule has 0 bridgehead atoms. The van der Waals surface area contributed by atoms with Crippen molar-refractivity contribution in [1.29, 1.82) is 0 Å². The summed E-state index contributed by atoms with van der Waals surface area (Å²) in [6, 6.07) is 0. The van der Waals surface area contributed by atoms with Gasteiger partial charge in [-0.2, -0.15) is 0 Å². The van der Waals surface area contributed by atoms with Gasteiger partial charge in [0.1, 0.15) is 0 Å². The van der Waals surface area contributed by atoms with Gasteiger partial charge >= 0.3 is 0 Å². The van der Waals surface area contributed by atoms with E-state index < -0.39 is 0 Å². The molecule has 0 aromatic heterocycles. The van der Waals surface area contributed by atoms with Crippen molar-refractivity contribution in [2.24, 2.45) is 5.92 Å². The number of halogens is 1. The number of rotatable bonds is 6. The minimum absolute atomic E-state index is 0.0595. The van der Waals surface area contributed by atoms with E-state index in [9.17, 15) is 4.79 Å². The van der Waals surface area contributed by atoms with Gasteiger partial charge in [-0.25, -0.2) is 0 Å². The Hall–Kier alpha value is -0.280. The third-order valence-electron chi connectivity index (χ3n) is 1.91. The monoisotopic (exact) mass is 207 g/mol. The number of carbonyl (C=O) groups is 1. The van der Waals surface area contributed by atoms with Crippen molar-refractivity contribution in [2.45, 2.75) is 25.6 Å². The van der Waals surface area contributed by atoms with Crippen molar-refractivity contribution < 1.29 is 9.53 Å². The van der Waals surface area contributed by atoms with E-state index in [2.05, 4.69) is 5.32 Å². The van der Waals surface area contributed by atoms with Crippen LogP contribution in [0.3, 0.4) is 0 Å². The van der Waals surface area contributed by atoms with Crippen LogP contribution in [-0.4, -0.2) is 31.5 Å². The number of alkyl halides is 1. The molecule has 0 spiro atoms. The molecule has 0 aromatic carbocycles. The zero-order chi connectivity index (χ0) is 10.3. The molecule has 0 fully saturated rings. The minimum atomic E-state index is -0.141. The molecule has 0 aliphatic rings. The van der Waals surface area contributed by atoms with Gasteiger partial charge in [-0.1, -0.05) is 13.8 Å². The molecular weight excluding hydrogens is 190 g/mol. The number of ether oxygens (including phenoxy) is 1. The van der Waals surface area contributed by atoms with Crippen molar-refractivity contribution in [1.82, 2.24) is 5.32 Å². The zero-order valence-electron chi connectivity index (χ0n) is 8.47. The highest BCUT2D eigenvalue weighted by Gasteiger charge is 2.11. The second kappa shape index (κ2) is 7.15. The molecule has 0 saturated carbocycles. The van der Waals surface area contributed by atoms with Gasteiger partial charge < -0.3 is 10.1 Å². The highest BCUT2D eigenvalue weighted by Crippen LogP contribution is 2.00. The van der Waals surface area contributed by atoms with Gasteiger partial charge in [0.15, 0.2) is 0 Å². The minimum Gasteiger partial charge on any atom is -0.383 e. The molecule has 0 aromatic rings. The van der Waals surface area contributed by atoms with E-state index in [0.29, 0.717) is 13.2 Å². The number of carbonyl (C=O) groups excluding carboxylic acids is 1. The summed E-state index contributed by atoms with van der Waals surface area (Å²) in [6.07, 6.45) is 0.850. The quantitative estimate of drug-likeness (QED) is 0.669. The maximum atomic E-state index is 11.3. The van der Waals surface area contributed by atoms with Crippen molar-refractivity contribution in [3.63, 3.8) is 0 Å². The molecule has 13 heavy (non-hydrogen) atoms. The van der Waals surface area contributed by atoms with E-state index in [4.69, 9.17) is 16.3 Å². The Labute approximate surface area is 84.8 Å². The van der Waals surface area contributed by atoms with E-state index in [1.807, 2.05) is 13.8 Å². The second-order valence-electron chi connectivity index (χ2n) is 3.11. The summed E-state index contributed by atoms with van der Waals surface area (Å²) in [4.78, 5) is 11.3. The van der Waals surface area contributed by atoms with Gasteiger partial charge in [-0.3, -0.25) is 4.79 Å². The summed E-state index contributed by atoms with van der Waals surface area (Å²) in [6.45, 7) is 4.81. The fraction of sp³-hybridized carbons (Fsp3) is 0.889. The highest BCUT2D eigenvalue weighted by molar-refractivity contribution is 6.21. The van der Waals surface area contributed by atoms with E-state index >= 15 is 0 Å². The molecule has 2 atom stereocenters. The van der Waals surface area contributed by atoms with Crippen LogP contribution in [0.4, 0.5) is 0 Å². The Bertz CT molecular complexity index is 153. The van der Waals surface area contributed by atoms with Crippen LogP contribution in [0.5, 0.6) is 0 Å². The first-order valence-corrected chi connectivity index (χ1v) is 4.96. The maximum absolute atomic E-state index is 11.3. The van der Waals surface area contributed by atoms with Gasteiger partial charge in [0.25, 0.3) is 0 Å². The number of hydrogen-bond donors (Lipinski definition) is 1. The van der Waals surface area contributed by atoms with Crippen molar-refractivity contribution >= 4 is 17.5 Å². The van der Waals surface area contributed by atoms with Crippen LogP contribution >= 0.6 is 11.6 Å². The van der Waals surface area contributed by atoms with E-state index in [-0.39, 0.29) is 17.2 Å². The summed E-state index contributed by atoms with van der Waals surface area (Å²) in [5, 5.41) is 2.63. The smallest absolute Gasteiger partial charge is 0.222 e. The normalized spacial score (nSPS) is 15.1. The average molecular weight is 208 g/mol. The van der Waals surface area contributed by atoms with Gasteiger partial charge in [0.05, 0.1) is 12.0 Å². The highest BCUT2D eigenvalue weighted by atomic mass is 35.5. The van der Waals surface area contributed by atoms with E-state index in [0.717, 1.165) is 6.42 Å². The first-order valence-electron chi connectivity index (χ1n) is 4.52. The largest absolute Gasteiger partial charge is 0.383 e. The molecule has 0 saturated heterocycles. The van der Waals surface area contributed by atoms with E-state index in [1.54, 1.807) is 7.11 Å². The number of amides is 1. The fourth-order valence-corrected chi connectivity index (χ4v) is 1.01. The lowest BCUT2D eigenvalue weighted by Gasteiger charge is -2.12. The second-order valence-corrected chi connectivity index (χ2v) is 3.72. The van der Waals surface area contributed by atoms with Gasteiger partial charge in [0, 0.05) is 19.6 Å². The lowest BCUT2D eigenvalue weighted by molar-refractivity contribution is -0.124.